The van der Waals surface area contributed by atoms with Crippen molar-refractivity contribution in [2.75, 3.05) is 19.6 Å². The van der Waals surface area contributed by atoms with E-state index in [1.807, 2.05) is 29.1 Å². The van der Waals surface area contributed by atoms with Crippen molar-refractivity contribution >= 4 is 6.03 Å². The van der Waals surface area contributed by atoms with Crippen molar-refractivity contribution in [2.45, 2.75) is 26.1 Å². The van der Waals surface area contributed by atoms with Gasteiger partial charge in [-0.2, -0.15) is 5.10 Å². The number of fused-ring (bicyclic) bond motifs is 1. The second-order valence-electron chi connectivity index (χ2n) is 7.44. The minimum Gasteiger partial charge on any atom is -0.337 e. The molecule has 1 aliphatic rings. The highest BCUT2D eigenvalue weighted by Crippen LogP contribution is 2.17. The molecule has 1 aliphatic heterocycles. The van der Waals surface area contributed by atoms with Crippen LogP contribution in [0, 0.1) is 0 Å². The number of aromatic nitrogens is 2. The van der Waals surface area contributed by atoms with Crippen LogP contribution in [0.1, 0.15) is 22.3 Å². The standard InChI is InChI=1S/C23H27N5O/c29-23(24-11-13-27-12-10-21-8-4-5-9-22(21)18-27)25-14-20-15-26-28(17-20)16-19-6-2-1-3-7-19/h1-9,15,17H,10-14,16,18H2,(H2,24,25,29). The van der Waals surface area contributed by atoms with Crippen LogP contribution in [0.4, 0.5) is 4.79 Å². The van der Waals surface area contributed by atoms with E-state index in [1.165, 1.54) is 16.7 Å². The van der Waals surface area contributed by atoms with Gasteiger partial charge in [-0.15, -0.1) is 0 Å². The lowest BCUT2D eigenvalue weighted by molar-refractivity contribution is 0.230. The molecule has 6 nitrogen and oxygen atoms in total. The van der Waals surface area contributed by atoms with Crippen LogP contribution in [0.15, 0.2) is 67.0 Å². The first-order valence-corrected chi connectivity index (χ1v) is 10.1. The fourth-order valence-electron chi connectivity index (χ4n) is 3.67. The Morgan fingerprint density at radius 2 is 1.76 bits per heavy atom. The molecule has 3 aromatic rings. The Bertz CT molecular complexity index is 937. The van der Waals surface area contributed by atoms with E-state index in [2.05, 4.69) is 57.0 Å². The summed E-state index contributed by atoms with van der Waals surface area (Å²) in [6.45, 7) is 4.70. The van der Waals surface area contributed by atoms with Crippen LogP contribution >= 0.6 is 0 Å². The average molecular weight is 390 g/mol. The van der Waals surface area contributed by atoms with E-state index in [4.69, 9.17) is 0 Å². The second kappa shape index (κ2) is 9.39. The highest BCUT2D eigenvalue weighted by Gasteiger charge is 2.15. The molecule has 0 atom stereocenters. The lowest BCUT2D eigenvalue weighted by Crippen LogP contribution is -2.41. The van der Waals surface area contributed by atoms with E-state index in [0.29, 0.717) is 13.1 Å². The summed E-state index contributed by atoms with van der Waals surface area (Å²) in [7, 11) is 0. The van der Waals surface area contributed by atoms with Gasteiger partial charge < -0.3 is 10.6 Å². The third kappa shape index (κ3) is 5.45. The average Bonchev–Trinajstić information content (AvgIpc) is 3.20. The number of carbonyl (C=O) groups excluding carboxylic acids is 1. The molecule has 6 heteroatoms. The number of urea groups is 1. The fourth-order valence-corrected chi connectivity index (χ4v) is 3.67. The number of amides is 2. The van der Waals surface area contributed by atoms with Crippen LogP contribution in [-0.4, -0.2) is 40.3 Å². The minimum absolute atomic E-state index is 0.141. The van der Waals surface area contributed by atoms with Crippen LogP contribution in [-0.2, 0) is 26.1 Å². The van der Waals surface area contributed by atoms with E-state index >= 15 is 0 Å². The van der Waals surface area contributed by atoms with E-state index in [1.54, 1.807) is 6.20 Å². The molecule has 0 saturated heterocycles. The van der Waals surface area contributed by atoms with Crippen molar-refractivity contribution < 1.29 is 4.79 Å². The molecule has 1 aromatic heterocycles. The molecular weight excluding hydrogens is 362 g/mol. The third-order valence-electron chi connectivity index (χ3n) is 5.25. The van der Waals surface area contributed by atoms with Gasteiger partial charge in [0.2, 0.25) is 0 Å². The Morgan fingerprint density at radius 1 is 0.966 bits per heavy atom. The van der Waals surface area contributed by atoms with Crippen LogP contribution in [0.25, 0.3) is 0 Å². The molecule has 2 amide bonds. The van der Waals surface area contributed by atoms with E-state index in [9.17, 15) is 4.79 Å². The number of benzene rings is 2. The molecular formula is C23H27N5O. The van der Waals surface area contributed by atoms with Gasteiger partial charge >= 0.3 is 6.03 Å². The summed E-state index contributed by atoms with van der Waals surface area (Å²) in [5, 5.41) is 10.2. The Morgan fingerprint density at radius 3 is 2.62 bits per heavy atom. The Kier molecular flexibility index (Phi) is 6.22. The van der Waals surface area contributed by atoms with E-state index in [-0.39, 0.29) is 6.03 Å². The largest absolute Gasteiger partial charge is 0.337 e. The van der Waals surface area contributed by atoms with Gasteiger partial charge in [0.25, 0.3) is 0 Å². The number of nitrogens with zero attached hydrogens (tertiary/aromatic N) is 3. The normalized spacial score (nSPS) is 13.7. The molecule has 0 fully saturated rings. The quantitative estimate of drug-likeness (QED) is 0.653. The van der Waals surface area contributed by atoms with E-state index in [0.717, 1.165) is 38.2 Å². The molecule has 2 aromatic carbocycles. The molecule has 29 heavy (non-hydrogen) atoms. The summed E-state index contributed by atoms with van der Waals surface area (Å²) in [5.74, 6) is 0. The summed E-state index contributed by atoms with van der Waals surface area (Å²) in [5.41, 5.74) is 5.04. The van der Waals surface area contributed by atoms with Gasteiger partial charge in [0.05, 0.1) is 12.7 Å². The summed E-state index contributed by atoms with van der Waals surface area (Å²) in [6, 6.07) is 18.7. The van der Waals surface area contributed by atoms with Crippen LogP contribution < -0.4 is 10.6 Å². The van der Waals surface area contributed by atoms with E-state index < -0.39 is 0 Å². The SMILES string of the molecule is O=C(NCCN1CCc2ccccc2C1)NCc1cnn(Cc2ccccc2)c1. The lowest BCUT2D eigenvalue weighted by Gasteiger charge is -2.28. The fraction of sp³-hybridized carbons (Fsp3) is 0.304. The summed E-state index contributed by atoms with van der Waals surface area (Å²) >= 11 is 0. The molecule has 0 radical (unpaired) electrons. The Labute approximate surface area is 171 Å². The zero-order valence-electron chi connectivity index (χ0n) is 16.6. The molecule has 4 rings (SSSR count). The van der Waals surface area contributed by atoms with Crippen LogP contribution in [0.2, 0.25) is 0 Å². The molecule has 0 unspecified atom stereocenters. The van der Waals surface area contributed by atoms with Gasteiger partial charge in [0.1, 0.15) is 0 Å². The molecule has 0 spiro atoms. The molecule has 150 valence electrons. The molecule has 2 heterocycles. The maximum absolute atomic E-state index is 12.1. The minimum atomic E-state index is -0.141. The third-order valence-corrected chi connectivity index (χ3v) is 5.25. The van der Waals surface area contributed by atoms with Gasteiger partial charge in [0.15, 0.2) is 0 Å². The van der Waals surface area contributed by atoms with Gasteiger partial charge in [0, 0.05) is 44.5 Å². The van der Waals surface area contributed by atoms with Crippen molar-refractivity contribution in [1.29, 1.82) is 0 Å². The first-order valence-electron chi connectivity index (χ1n) is 10.1. The summed E-state index contributed by atoms with van der Waals surface area (Å²) in [6.07, 6.45) is 4.85. The number of nitrogens with one attached hydrogen (secondary N) is 2. The number of rotatable bonds is 7. The van der Waals surface area contributed by atoms with Crippen molar-refractivity contribution in [2.24, 2.45) is 0 Å². The summed E-state index contributed by atoms with van der Waals surface area (Å²) < 4.78 is 1.89. The number of hydrogen-bond acceptors (Lipinski definition) is 3. The van der Waals surface area contributed by atoms with Gasteiger partial charge in [-0.05, 0) is 23.1 Å². The Hall–Kier alpha value is -3.12. The van der Waals surface area contributed by atoms with Gasteiger partial charge in [-0.1, -0.05) is 54.6 Å². The highest BCUT2D eigenvalue weighted by atomic mass is 16.2. The van der Waals surface area contributed by atoms with Crippen molar-refractivity contribution in [1.82, 2.24) is 25.3 Å². The number of carbonyl (C=O) groups is 1. The van der Waals surface area contributed by atoms with Gasteiger partial charge in [-0.25, -0.2) is 4.79 Å². The Balaban J connectivity index is 1.16. The second-order valence-corrected chi connectivity index (χ2v) is 7.44. The molecule has 0 aliphatic carbocycles. The monoisotopic (exact) mass is 389 g/mol. The van der Waals surface area contributed by atoms with Crippen LogP contribution in [0.3, 0.4) is 0 Å². The van der Waals surface area contributed by atoms with Crippen molar-refractivity contribution in [3.05, 3.63) is 89.2 Å². The van der Waals surface area contributed by atoms with Gasteiger partial charge in [-0.3, -0.25) is 9.58 Å². The first kappa shape index (κ1) is 19.2. The maximum Gasteiger partial charge on any atom is 0.315 e. The molecule has 2 N–H and O–H groups in total. The lowest BCUT2D eigenvalue weighted by atomic mass is 10.00. The molecule has 0 saturated carbocycles. The molecule has 0 bridgehead atoms. The highest BCUT2D eigenvalue weighted by molar-refractivity contribution is 5.73. The maximum atomic E-state index is 12.1. The van der Waals surface area contributed by atoms with Crippen molar-refractivity contribution in [3.8, 4) is 0 Å². The van der Waals surface area contributed by atoms with Crippen LogP contribution in [0.5, 0.6) is 0 Å². The smallest absolute Gasteiger partial charge is 0.315 e. The zero-order valence-corrected chi connectivity index (χ0v) is 16.6. The van der Waals surface area contributed by atoms with Crippen molar-refractivity contribution in [3.63, 3.8) is 0 Å². The first-order chi connectivity index (χ1) is 14.3. The predicted octanol–water partition coefficient (Wildman–Crippen LogP) is 2.79. The topological polar surface area (TPSA) is 62.2 Å². The number of hydrogen-bond donors (Lipinski definition) is 2. The zero-order chi connectivity index (χ0) is 19.9. The predicted molar refractivity (Wildman–Crippen MR) is 113 cm³/mol. The summed E-state index contributed by atoms with van der Waals surface area (Å²) in [4.78, 5) is 14.5.